The molecule has 0 aromatic heterocycles. The topological polar surface area (TPSA) is 55.8 Å². The fourth-order valence-corrected chi connectivity index (χ4v) is 1.66. The molecule has 0 bridgehead atoms. The quantitative estimate of drug-likeness (QED) is 0.378. The van der Waals surface area contributed by atoms with E-state index in [9.17, 15) is 4.57 Å². The standard InChI is InChI=1S/C10H19O4P/c1-3-5-7-8-10-14-15(11,12)13-9-6-4-2/h1H,4-10H2,2H3,(H,11,12). The van der Waals surface area contributed by atoms with Gasteiger partial charge in [0, 0.05) is 6.42 Å². The minimum absolute atomic E-state index is 0.210. The molecule has 15 heavy (non-hydrogen) atoms. The Labute approximate surface area is 91.6 Å². The summed E-state index contributed by atoms with van der Waals surface area (Å²) in [6.07, 6.45) is 8.86. The molecule has 0 saturated carbocycles. The van der Waals surface area contributed by atoms with Crippen LogP contribution in [0.25, 0.3) is 0 Å². The van der Waals surface area contributed by atoms with Crippen molar-refractivity contribution in [2.24, 2.45) is 0 Å². The molecule has 0 fully saturated rings. The highest BCUT2D eigenvalue weighted by molar-refractivity contribution is 7.47. The van der Waals surface area contributed by atoms with Gasteiger partial charge in [-0.2, -0.15) is 0 Å². The number of unbranched alkanes of at least 4 members (excludes halogenated alkanes) is 3. The first-order chi connectivity index (χ1) is 7.12. The van der Waals surface area contributed by atoms with Gasteiger partial charge >= 0.3 is 7.82 Å². The lowest BCUT2D eigenvalue weighted by Gasteiger charge is -2.11. The van der Waals surface area contributed by atoms with Crippen molar-refractivity contribution < 1.29 is 18.5 Å². The SMILES string of the molecule is C#CCCCCOP(=O)(O)OCCCC. The van der Waals surface area contributed by atoms with Crippen LogP contribution in [0.2, 0.25) is 0 Å². The first kappa shape index (κ1) is 14.7. The first-order valence-electron chi connectivity index (χ1n) is 5.17. The average molecular weight is 234 g/mol. The van der Waals surface area contributed by atoms with Gasteiger partial charge in [-0.25, -0.2) is 4.57 Å². The monoisotopic (exact) mass is 234 g/mol. The molecule has 5 heteroatoms. The molecule has 1 atom stereocenters. The third-order valence-electron chi connectivity index (χ3n) is 1.72. The second-order valence-electron chi connectivity index (χ2n) is 3.15. The smallest absolute Gasteiger partial charge is 0.302 e. The van der Waals surface area contributed by atoms with E-state index in [1.807, 2.05) is 6.92 Å². The fourth-order valence-electron chi connectivity index (χ4n) is 0.871. The Balaban J connectivity index is 3.48. The van der Waals surface area contributed by atoms with Crippen LogP contribution in [0.3, 0.4) is 0 Å². The summed E-state index contributed by atoms with van der Waals surface area (Å²) in [4.78, 5) is 9.17. The predicted molar refractivity (Wildman–Crippen MR) is 59.3 cm³/mol. The molecule has 0 radical (unpaired) electrons. The molecule has 1 N–H and O–H groups in total. The van der Waals surface area contributed by atoms with Crippen LogP contribution in [-0.4, -0.2) is 18.1 Å². The van der Waals surface area contributed by atoms with E-state index in [2.05, 4.69) is 5.92 Å². The molecule has 88 valence electrons. The van der Waals surface area contributed by atoms with Gasteiger partial charge in [-0.15, -0.1) is 12.3 Å². The van der Waals surface area contributed by atoms with Crippen molar-refractivity contribution in [2.75, 3.05) is 13.2 Å². The number of hydrogen-bond donors (Lipinski definition) is 1. The Kier molecular flexibility index (Phi) is 8.74. The number of rotatable bonds is 9. The van der Waals surface area contributed by atoms with Crippen LogP contribution < -0.4 is 0 Å². The zero-order chi connectivity index (χ0) is 11.6. The van der Waals surface area contributed by atoms with E-state index in [0.717, 1.165) is 19.3 Å². The number of hydrogen-bond acceptors (Lipinski definition) is 3. The first-order valence-corrected chi connectivity index (χ1v) is 6.67. The van der Waals surface area contributed by atoms with Gasteiger partial charge in [0.2, 0.25) is 0 Å². The molecular formula is C10H19O4P. The fraction of sp³-hybridized carbons (Fsp3) is 0.800. The van der Waals surface area contributed by atoms with E-state index >= 15 is 0 Å². The summed E-state index contributed by atoms with van der Waals surface area (Å²) in [7, 11) is -3.82. The van der Waals surface area contributed by atoms with E-state index in [1.165, 1.54) is 0 Å². The van der Waals surface area contributed by atoms with Gasteiger partial charge in [-0.1, -0.05) is 13.3 Å². The third kappa shape index (κ3) is 9.96. The van der Waals surface area contributed by atoms with E-state index in [4.69, 9.17) is 20.4 Å². The maximum Gasteiger partial charge on any atom is 0.472 e. The van der Waals surface area contributed by atoms with Gasteiger partial charge in [-0.3, -0.25) is 9.05 Å². The minimum Gasteiger partial charge on any atom is -0.302 e. The zero-order valence-electron chi connectivity index (χ0n) is 9.15. The normalized spacial score (nSPS) is 14.5. The minimum atomic E-state index is -3.82. The molecule has 0 rings (SSSR count). The van der Waals surface area contributed by atoms with Gasteiger partial charge in [0.25, 0.3) is 0 Å². The Morgan fingerprint density at radius 2 is 1.87 bits per heavy atom. The summed E-state index contributed by atoms with van der Waals surface area (Å²) in [5, 5.41) is 0. The Bertz CT molecular complexity index is 234. The van der Waals surface area contributed by atoms with Crippen molar-refractivity contribution >= 4 is 7.82 Å². The van der Waals surface area contributed by atoms with Crippen molar-refractivity contribution in [2.45, 2.75) is 39.0 Å². The van der Waals surface area contributed by atoms with Crippen LogP contribution in [0.1, 0.15) is 39.0 Å². The number of terminal acetylenes is 1. The van der Waals surface area contributed by atoms with Crippen molar-refractivity contribution in [3.05, 3.63) is 0 Å². The molecule has 0 aliphatic rings. The molecule has 0 spiro atoms. The van der Waals surface area contributed by atoms with Gasteiger partial charge in [-0.05, 0) is 19.3 Å². The molecule has 1 unspecified atom stereocenters. The molecule has 0 aromatic rings. The van der Waals surface area contributed by atoms with Crippen LogP contribution in [0.15, 0.2) is 0 Å². The van der Waals surface area contributed by atoms with Crippen molar-refractivity contribution in [3.63, 3.8) is 0 Å². The summed E-state index contributed by atoms with van der Waals surface area (Å²) in [5.41, 5.74) is 0. The van der Waals surface area contributed by atoms with Crippen LogP contribution >= 0.6 is 7.82 Å². The molecule has 4 nitrogen and oxygen atoms in total. The summed E-state index contributed by atoms with van der Waals surface area (Å²) >= 11 is 0. The number of phosphoric ester groups is 1. The second kappa shape index (κ2) is 8.94. The summed E-state index contributed by atoms with van der Waals surface area (Å²) in [6.45, 7) is 2.45. The van der Waals surface area contributed by atoms with Gasteiger partial charge < -0.3 is 4.89 Å². The molecular weight excluding hydrogens is 215 g/mol. The maximum absolute atomic E-state index is 11.2. The molecule has 0 heterocycles. The summed E-state index contributed by atoms with van der Waals surface area (Å²) < 4.78 is 20.7. The summed E-state index contributed by atoms with van der Waals surface area (Å²) in [5.74, 6) is 2.49. The van der Waals surface area contributed by atoms with Gasteiger partial charge in [0.05, 0.1) is 13.2 Å². The highest BCUT2D eigenvalue weighted by atomic mass is 31.2. The molecule has 0 aliphatic heterocycles. The lowest BCUT2D eigenvalue weighted by molar-refractivity contribution is 0.146. The van der Waals surface area contributed by atoms with Crippen LogP contribution in [0.5, 0.6) is 0 Å². The lowest BCUT2D eigenvalue weighted by atomic mass is 10.2. The van der Waals surface area contributed by atoms with Gasteiger partial charge in [0.15, 0.2) is 0 Å². The van der Waals surface area contributed by atoms with Gasteiger partial charge in [0.1, 0.15) is 0 Å². The largest absolute Gasteiger partial charge is 0.472 e. The van der Waals surface area contributed by atoms with Crippen LogP contribution in [0.4, 0.5) is 0 Å². The molecule has 0 aromatic carbocycles. The van der Waals surface area contributed by atoms with E-state index in [1.54, 1.807) is 0 Å². The highest BCUT2D eigenvalue weighted by Gasteiger charge is 2.19. The Hall–Kier alpha value is -0.330. The lowest BCUT2D eigenvalue weighted by Crippen LogP contribution is -1.98. The van der Waals surface area contributed by atoms with E-state index in [-0.39, 0.29) is 13.2 Å². The van der Waals surface area contributed by atoms with Crippen molar-refractivity contribution in [3.8, 4) is 12.3 Å². The molecule has 0 aliphatic carbocycles. The zero-order valence-corrected chi connectivity index (χ0v) is 10.0. The summed E-state index contributed by atoms with van der Waals surface area (Å²) in [6, 6.07) is 0. The van der Waals surface area contributed by atoms with Crippen LogP contribution in [0, 0.1) is 12.3 Å². The highest BCUT2D eigenvalue weighted by Crippen LogP contribution is 2.43. The van der Waals surface area contributed by atoms with E-state index in [0.29, 0.717) is 12.8 Å². The predicted octanol–water partition coefficient (Wildman–Crippen LogP) is 2.72. The second-order valence-corrected chi connectivity index (χ2v) is 4.60. The maximum atomic E-state index is 11.2. The average Bonchev–Trinajstić information content (AvgIpc) is 2.17. The van der Waals surface area contributed by atoms with Crippen LogP contribution in [-0.2, 0) is 13.6 Å². The van der Waals surface area contributed by atoms with Crippen molar-refractivity contribution in [1.29, 1.82) is 0 Å². The van der Waals surface area contributed by atoms with E-state index < -0.39 is 7.82 Å². The Morgan fingerprint density at radius 1 is 1.27 bits per heavy atom. The Morgan fingerprint density at radius 3 is 2.40 bits per heavy atom. The third-order valence-corrected chi connectivity index (χ3v) is 2.74. The molecule has 0 saturated heterocycles. The number of phosphoric acid groups is 1. The molecule has 0 amide bonds. The van der Waals surface area contributed by atoms with Crippen molar-refractivity contribution in [1.82, 2.24) is 0 Å².